The molecule has 2 heteroatoms. The van der Waals surface area contributed by atoms with E-state index in [9.17, 15) is 0 Å². The number of rotatable bonds is 3. The molecule has 1 spiro atoms. The van der Waals surface area contributed by atoms with E-state index in [1.807, 2.05) is 0 Å². The summed E-state index contributed by atoms with van der Waals surface area (Å²) in [4.78, 5) is 0. The van der Waals surface area contributed by atoms with Crippen molar-refractivity contribution in [3.05, 3.63) is 0 Å². The van der Waals surface area contributed by atoms with Gasteiger partial charge in [0, 0.05) is 25.6 Å². The van der Waals surface area contributed by atoms with Crippen LogP contribution in [-0.4, -0.2) is 26.3 Å². The first-order valence-corrected chi connectivity index (χ1v) is 5.66. The first-order valence-electron chi connectivity index (χ1n) is 5.66. The molecule has 0 amide bonds. The van der Waals surface area contributed by atoms with Crippen molar-refractivity contribution in [1.82, 2.24) is 5.32 Å². The predicted octanol–water partition coefficient (Wildman–Crippen LogP) is 1.80. The zero-order chi connectivity index (χ0) is 9.15. The van der Waals surface area contributed by atoms with Gasteiger partial charge in [-0.1, -0.05) is 12.8 Å². The van der Waals surface area contributed by atoms with Crippen LogP contribution in [0.5, 0.6) is 0 Å². The Labute approximate surface area is 81.0 Å². The van der Waals surface area contributed by atoms with Crippen LogP contribution < -0.4 is 5.32 Å². The number of ether oxygens (including phenoxy) is 1. The summed E-state index contributed by atoms with van der Waals surface area (Å²) in [6.45, 7) is 6.35. The van der Waals surface area contributed by atoms with Crippen molar-refractivity contribution in [3.8, 4) is 0 Å². The van der Waals surface area contributed by atoms with Crippen LogP contribution in [0.3, 0.4) is 0 Å². The van der Waals surface area contributed by atoms with Gasteiger partial charge in [-0.3, -0.25) is 0 Å². The van der Waals surface area contributed by atoms with Gasteiger partial charge in [0.05, 0.1) is 6.61 Å². The largest absolute Gasteiger partial charge is 0.381 e. The zero-order valence-electron chi connectivity index (χ0n) is 8.64. The average molecular weight is 183 g/mol. The van der Waals surface area contributed by atoms with Crippen molar-refractivity contribution in [2.24, 2.45) is 11.3 Å². The van der Waals surface area contributed by atoms with Crippen LogP contribution in [-0.2, 0) is 4.74 Å². The van der Waals surface area contributed by atoms with Gasteiger partial charge in [-0.15, -0.1) is 0 Å². The molecule has 2 nitrogen and oxygen atoms in total. The normalized spacial score (nSPS) is 31.6. The number of nitrogens with one attached hydrogen (secondary N) is 1. The van der Waals surface area contributed by atoms with E-state index in [2.05, 4.69) is 12.2 Å². The quantitative estimate of drug-likeness (QED) is 0.720. The van der Waals surface area contributed by atoms with Gasteiger partial charge in [-0.25, -0.2) is 0 Å². The lowest BCUT2D eigenvalue weighted by molar-refractivity contribution is 0.0689. The van der Waals surface area contributed by atoms with Gasteiger partial charge in [0.2, 0.25) is 0 Å². The Morgan fingerprint density at radius 1 is 1.38 bits per heavy atom. The maximum atomic E-state index is 5.56. The van der Waals surface area contributed by atoms with Gasteiger partial charge >= 0.3 is 0 Å². The van der Waals surface area contributed by atoms with Crippen molar-refractivity contribution >= 4 is 0 Å². The van der Waals surface area contributed by atoms with E-state index in [4.69, 9.17) is 4.74 Å². The van der Waals surface area contributed by atoms with Crippen molar-refractivity contribution in [1.29, 1.82) is 0 Å². The van der Waals surface area contributed by atoms with Crippen molar-refractivity contribution in [2.75, 3.05) is 26.3 Å². The summed E-state index contributed by atoms with van der Waals surface area (Å²) in [5.74, 6) is 0.787. The van der Waals surface area contributed by atoms with Gasteiger partial charge in [-0.05, 0) is 25.2 Å². The van der Waals surface area contributed by atoms with Gasteiger partial charge in [0.25, 0.3) is 0 Å². The van der Waals surface area contributed by atoms with Gasteiger partial charge in [-0.2, -0.15) is 0 Å². The molecule has 1 aliphatic carbocycles. The molecule has 1 aliphatic heterocycles. The van der Waals surface area contributed by atoms with Crippen LogP contribution in [0.15, 0.2) is 0 Å². The molecule has 1 atom stereocenters. The highest BCUT2D eigenvalue weighted by Crippen LogP contribution is 2.46. The summed E-state index contributed by atoms with van der Waals surface area (Å²) in [5, 5.41) is 3.53. The van der Waals surface area contributed by atoms with Crippen LogP contribution in [0.1, 0.15) is 32.6 Å². The van der Waals surface area contributed by atoms with Crippen LogP contribution in [0.4, 0.5) is 0 Å². The summed E-state index contributed by atoms with van der Waals surface area (Å²) < 4.78 is 5.56. The Morgan fingerprint density at radius 2 is 2.15 bits per heavy atom. The molecular weight excluding hydrogens is 162 g/mol. The van der Waals surface area contributed by atoms with Crippen molar-refractivity contribution in [3.63, 3.8) is 0 Å². The smallest absolute Gasteiger partial charge is 0.0512 e. The second kappa shape index (κ2) is 3.97. The maximum Gasteiger partial charge on any atom is 0.0512 e. The fourth-order valence-corrected chi connectivity index (χ4v) is 3.02. The maximum absolute atomic E-state index is 5.56. The molecule has 0 radical (unpaired) electrons. The lowest BCUT2D eigenvalue weighted by Gasteiger charge is -2.29. The molecule has 0 aromatic heterocycles. The second-order valence-corrected chi connectivity index (χ2v) is 4.56. The Balaban J connectivity index is 1.93. The molecule has 76 valence electrons. The Bertz CT molecular complexity index is 158. The third kappa shape index (κ3) is 1.75. The standard InChI is InChI=1S/C11H21NO/c1-2-13-8-10-7-12-9-11(10)5-3-4-6-11/h10,12H,2-9H2,1H3. The molecular formula is C11H21NO. The fraction of sp³-hybridized carbons (Fsp3) is 1.00. The zero-order valence-corrected chi connectivity index (χ0v) is 8.64. The van der Waals surface area contributed by atoms with E-state index in [1.165, 1.54) is 38.8 Å². The van der Waals surface area contributed by atoms with Crippen LogP contribution in [0.25, 0.3) is 0 Å². The average Bonchev–Trinajstić information content (AvgIpc) is 2.75. The van der Waals surface area contributed by atoms with Crippen LogP contribution in [0.2, 0.25) is 0 Å². The van der Waals surface area contributed by atoms with E-state index < -0.39 is 0 Å². The summed E-state index contributed by atoms with van der Waals surface area (Å²) in [5.41, 5.74) is 0.620. The molecule has 1 N–H and O–H groups in total. The molecule has 0 bridgehead atoms. The molecule has 0 aromatic carbocycles. The molecule has 2 fully saturated rings. The first-order chi connectivity index (χ1) is 6.37. The Morgan fingerprint density at radius 3 is 2.85 bits per heavy atom. The van der Waals surface area contributed by atoms with Gasteiger partial charge in [0.1, 0.15) is 0 Å². The fourth-order valence-electron chi connectivity index (χ4n) is 3.02. The SMILES string of the molecule is CCOCC1CNCC12CCCC2. The van der Waals surface area contributed by atoms with Crippen LogP contribution >= 0.6 is 0 Å². The minimum absolute atomic E-state index is 0.620. The number of hydrogen-bond acceptors (Lipinski definition) is 2. The lowest BCUT2D eigenvalue weighted by atomic mass is 9.77. The second-order valence-electron chi connectivity index (χ2n) is 4.56. The minimum Gasteiger partial charge on any atom is -0.381 e. The monoisotopic (exact) mass is 183 g/mol. The summed E-state index contributed by atoms with van der Waals surface area (Å²) in [7, 11) is 0. The molecule has 1 heterocycles. The van der Waals surface area contributed by atoms with Crippen molar-refractivity contribution in [2.45, 2.75) is 32.6 Å². The van der Waals surface area contributed by atoms with Crippen LogP contribution in [0, 0.1) is 11.3 Å². The molecule has 13 heavy (non-hydrogen) atoms. The molecule has 1 saturated carbocycles. The Hall–Kier alpha value is -0.0800. The molecule has 1 saturated heterocycles. The molecule has 2 aliphatic rings. The van der Waals surface area contributed by atoms with E-state index in [1.54, 1.807) is 0 Å². The highest BCUT2D eigenvalue weighted by atomic mass is 16.5. The van der Waals surface area contributed by atoms with E-state index >= 15 is 0 Å². The number of hydrogen-bond donors (Lipinski definition) is 1. The van der Waals surface area contributed by atoms with Crippen molar-refractivity contribution < 1.29 is 4.74 Å². The summed E-state index contributed by atoms with van der Waals surface area (Å²) in [6, 6.07) is 0. The summed E-state index contributed by atoms with van der Waals surface area (Å²) in [6.07, 6.45) is 5.73. The molecule has 0 aromatic rings. The third-order valence-electron chi connectivity index (χ3n) is 3.86. The highest BCUT2D eigenvalue weighted by molar-refractivity contribution is 4.97. The molecule has 1 unspecified atom stereocenters. The van der Waals surface area contributed by atoms with E-state index in [0.717, 1.165) is 19.1 Å². The predicted molar refractivity (Wildman–Crippen MR) is 53.8 cm³/mol. The Kier molecular flexibility index (Phi) is 2.89. The third-order valence-corrected chi connectivity index (χ3v) is 3.86. The summed E-state index contributed by atoms with van der Waals surface area (Å²) >= 11 is 0. The molecule has 2 rings (SSSR count). The first kappa shape index (κ1) is 9.47. The lowest BCUT2D eigenvalue weighted by Crippen LogP contribution is -2.29. The van der Waals surface area contributed by atoms with Gasteiger partial charge < -0.3 is 10.1 Å². The minimum atomic E-state index is 0.620. The topological polar surface area (TPSA) is 21.3 Å². The van der Waals surface area contributed by atoms with Gasteiger partial charge in [0.15, 0.2) is 0 Å². The highest BCUT2D eigenvalue weighted by Gasteiger charge is 2.44. The van der Waals surface area contributed by atoms with E-state index in [0.29, 0.717) is 5.41 Å². The van der Waals surface area contributed by atoms with E-state index in [-0.39, 0.29) is 0 Å².